The largest absolute Gasteiger partial charge is 0.493 e. The van der Waals surface area contributed by atoms with Gasteiger partial charge in [0.15, 0.2) is 17.1 Å². The number of hydrogen-bond acceptors (Lipinski definition) is 4. The van der Waals surface area contributed by atoms with Crippen LogP contribution in [0.2, 0.25) is 5.02 Å². The quantitative estimate of drug-likeness (QED) is 0.584. The lowest BCUT2D eigenvalue weighted by Gasteiger charge is -1.98. The highest BCUT2D eigenvalue weighted by atomic mass is 35.5. The number of halogens is 1. The van der Waals surface area contributed by atoms with Gasteiger partial charge in [0.05, 0.1) is 13.3 Å². The summed E-state index contributed by atoms with van der Waals surface area (Å²) in [6.07, 6.45) is 1.53. The summed E-state index contributed by atoms with van der Waals surface area (Å²) < 4.78 is 10.7. The molecule has 0 aliphatic heterocycles. The summed E-state index contributed by atoms with van der Waals surface area (Å²) in [5, 5.41) is 5.33. The van der Waals surface area contributed by atoms with Gasteiger partial charge in [-0.05, 0) is 29.8 Å². The Morgan fingerprint density at radius 2 is 2.04 bits per heavy atom. The third-order valence-electron chi connectivity index (χ3n) is 3.20. The molecule has 0 saturated carbocycles. The number of nitrogens with zero attached hydrogens (tertiary/aromatic N) is 1. The molecule has 3 aromatic rings. The number of ether oxygens (including phenoxy) is 1. The second-order valence-electron chi connectivity index (χ2n) is 4.74. The molecule has 0 bridgehead atoms. The maximum absolute atomic E-state index is 12.1. The molecule has 2 aromatic carbocycles. The van der Waals surface area contributed by atoms with E-state index >= 15 is 0 Å². The molecule has 6 heteroatoms. The third kappa shape index (κ3) is 3.35. The molecule has 23 heavy (non-hydrogen) atoms. The van der Waals surface area contributed by atoms with Gasteiger partial charge in [0, 0.05) is 10.4 Å². The van der Waals surface area contributed by atoms with E-state index in [1.54, 1.807) is 43.5 Å². The van der Waals surface area contributed by atoms with Crippen molar-refractivity contribution in [3.8, 4) is 5.75 Å². The van der Waals surface area contributed by atoms with Gasteiger partial charge in [-0.1, -0.05) is 35.9 Å². The van der Waals surface area contributed by atoms with Crippen LogP contribution in [0.4, 0.5) is 0 Å². The van der Waals surface area contributed by atoms with Crippen molar-refractivity contribution in [3.05, 3.63) is 64.9 Å². The van der Waals surface area contributed by atoms with Crippen molar-refractivity contribution in [1.82, 2.24) is 5.43 Å². The SMILES string of the molecule is COc1cccc2cc(C(=O)NN=Cc3ccc(Cl)cc3)oc12. The molecular weight excluding hydrogens is 316 g/mol. The number of furan rings is 1. The van der Waals surface area contributed by atoms with Gasteiger partial charge < -0.3 is 9.15 Å². The molecule has 0 saturated heterocycles. The minimum Gasteiger partial charge on any atom is -0.493 e. The van der Waals surface area contributed by atoms with E-state index in [9.17, 15) is 4.79 Å². The van der Waals surface area contributed by atoms with Crippen molar-refractivity contribution < 1.29 is 13.9 Å². The molecule has 5 nitrogen and oxygen atoms in total. The van der Waals surface area contributed by atoms with Crippen LogP contribution in [0.3, 0.4) is 0 Å². The maximum Gasteiger partial charge on any atom is 0.307 e. The Labute approximate surface area is 137 Å². The van der Waals surface area contributed by atoms with Gasteiger partial charge in [0.2, 0.25) is 0 Å². The Kier molecular flexibility index (Phi) is 4.30. The zero-order valence-electron chi connectivity index (χ0n) is 12.2. The number of amides is 1. The molecule has 1 N–H and O–H groups in total. The number of para-hydroxylation sites is 1. The minimum absolute atomic E-state index is 0.165. The molecule has 1 amide bonds. The predicted octanol–water partition coefficient (Wildman–Crippen LogP) is 3.86. The standard InChI is InChI=1S/C17H13ClN2O3/c1-22-14-4-2-3-12-9-15(23-16(12)14)17(21)20-19-10-11-5-7-13(18)8-6-11/h2-10H,1H3,(H,20,21). The summed E-state index contributed by atoms with van der Waals surface area (Å²) in [6.45, 7) is 0. The molecule has 0 radical (unpaired) electrons. The van der Waals surface area contributed by atoms with Crippen LogP contribution in [-0.2, 0) is 0 Å². The van der Waals surface area contributed by atoms with E-state index in [0.717, 1.165) is 10.9 Å². The smallest absolute Gasteiger partial charge is 0.307 e. The van der Waals surface area contributed by atoms with Gasteiger partial charge in [-0.25, -0.2) is 5.43 Å². The first-order valence-electron chi connectivity index (χ1n) is 6.83. The molecule has 0 aliphatic rings. The normalized spacial score (nSPS) is 11.0. The Morgan fingerprint density at radius 3 is 2.78 bits per heavy atom. The summed E-state index contributed by atoms with van der Waals surface area (Å²) in [5.74, 6) is 0.303. The second-order valence-corrected chi connectivity index (χ2v) is 5.18. The first kappa shape index (κ1) is 15.1. The summed E-state index contributed by atoms with van der Waals surface area (Å²) in [7, 11) is 1.55. The number of nitrogens with one attached hydrogen (secondary N) is 1. The second kappa shape index (κ2) is 6.54. The average molecular weight is 329 g/mol. The van der Waals surface area contributed by atoms with E-state index in [1.165, 1.54) is 6.21 Å². The number of rotatable bonds is 4. The van der Waals surface area contributed by atoms with Crippen molar-refractivity contribution in [1.29, 1.82) is 0 Å². The Morgan fingerprint density at radius 1 is 1.26 bits per heavy atom. The Bertz CT molecular complexity index is 869. The molecular formula is C17H13ClN2O3. The summed E-state index contributed by atoms with van der Waals surface area (Å²) in [5.41, 5.74) is 3.77. The van der Waals surface area contributed by atoms with Crippen LogP contribution in [0.5, 0.6) is 5.75 Å². The zero-order valence-corrected chi connectivity index (χ0v) is 13.0. The lowest BCUT2D eigenvalue weighted by Crippen LogP contribution is -2.16. The van der Waals surface area contributed by atoms with E-state index in [-0.39, 0.29) is 5.76 Å². The molecule has 0 fully saturated rings. The van der Waals surface area contributed by atoms with E-state index in [0.29, 0.717) is 16.4 Å². The van der Waals surface area contributed by atoms with Crippen molar-refractivity contribution in [2.45, 2.75) is 0 Å². The first-order chi connectivity index (χ1) is 11.2. The van der Waals surface area contributed by atoms with Gasteiger partial charge in [0.25, 0.3) is 0 Å². The molecule has 1 aromatic heterocycles. The number of carbonyl (C=O) groups is 1. The number of fused-ring (bicyclic) bond motifs is 1. The highest BCUT2D eigenvalue weighted by Gasteiger charge is 2.14. The van der Waals surface area contributed by atoms with Crippen LogP contribution >= 0.6 is 11.6 Å². The molecule has 1 heterocycles. The van der Waals surface area contributed by atoms with Crippen molar-refractivity contribution in [3.63, 3.8) is 0 Å². The summed E-state index contributed by atoms with van der Waals surface area (Å²) >= 11 is 5.80. The van der Waals surface area contributed by atoms with Gasteiger partial charge in [0.1, 0.15) is 0 Å². The Balaban J connectivity index is 1.74. The van der Waals surface area contributed by atoms with Crippen LogP contribution in [0.1, 0.15) is 16.1 Å². The maximum atomic E-state index is 12.1. The fourth-order valence-corrected chi connectivity index (χ4v) is 2.20. The fourth-order valence-electron chi connectivity index (χ4n) is 2.08. The van der Waals surface area contributed by atoms with Crippen molar-refractivity contribution in [2.24, 2.45) is 5.10 Å². The van der Waals surface area contributed by atoms with E-state index < -0.39 is 5.91 Å². The van der Waals surface area contributed by atoms with E-state index in [2.05, 4.69) is 10.5 Å². The van der Waals surface area contributed by atoms with Crippen LogP contribution in [-0.4, -0.2) is 19.2 Å². The van der Waals surface area contributed by atoms with Gasteiger partial charge in [-0.2, -0.15) is 5.10 Å². The number of methoxy groups -OCH3 is 1. The van der Waals surface area contributed by atoms with Gasteiger partial charge in [-0.3, -0.25) is 4.79 Å². The average Bonchev–Trinajstić information content (AvgIpc) is 3.01. The van der Waals surface area contributed by atoms with Crippen molar-refractivity contribution in [2.75, 3.05) is 7.11 Å². The number of benzene rings is 2. The van der Waals surface area contributed by atoms with E-state index in [1.807, 2.05) is 12.1 Å². The molecule has 0 aliphatic carbocycles. The van der Waals surface area contributed by atoms with E-state index in [4.69, 9.17) is 20.8 Å². The number of hydrogen-bond donors (Lipinski definition) is 1. The van der Waals surface area contributed by atoms with Crippen molar-refractivity contribution >= 4 is 34.7 Å². The summed E-state index contributed by atoms with van der Waals surface area (Å²) in [4.78, 5) is 12.1. The number of hydrazone groups is 1. The molecule has 3 rings (SSSR count). The fraction of sp³-hybridized carbons (Fsp3) is 0.0588. The monoisotopic (exact) mass is 328 g/mol. The minimum atomic E-state index is -0.437. The molecule has 0 spiro atoms. The lowest BCUT2D eigenvalue weighted by molar-refractivity contribution is 0.0929. The Hall–Kier alpha value is -2.79. The summed E-state index contributed by atoms with van der Waals surface area (Å²) in [6, 6.07) is 14.2. The van der Waals surface area contributed by atoms with Crippen LogP contribution in [0, 0.1) is 0 Å². The third-order valence-corrected chi connectivity index (χ3v) is 3.45. The topological polar surface area (TPSA) is 63.8 Å². The van der Waals surface area contributed by atoms with Crippen LogP contribution < -0.4 is 10.2 Å². The number of carbonyl (C=O) groups excluding carboxylic acids is 1. The highest BCUT2D eigenvalue weighted by Crippen LogP contribution is 2.28. The lowest BCUT2D eigenvalue weighted by atomic mass is 10.2. The molecule has 0 unspecified atom stereocenters. The van der Waals surface area contributed by atoms with Gasteiger partial charge in [-0.15, -0.1) is 0 Å². The first-order valence-corrected chi connectivity index (χ1v) is 7.20. The van der Waals surface area contributed by atoms with Gasteiger partial charge >= 0.3 is 5.91 Å². The molecule has 116 valence electrons. The zero-order chi connectivity index (χ0) is 16.2. The predicted molar refractivity (Wildman–Crippen MR) is 89.3 cm³/mol. The van der Waals surface area contributed by atoms with Crippen LogP contribution in [0.15, 0.2) is 58.0 Å². The molecule has 0 atom stereocenters. The highest BCUT2D eigenvalue weighted by molar-refractivity contribution is 6.30. The van der Waals surface area contributed by atoms with Crippen LogP contribution in [0.25, 0.3) is 11.0 Å².